The number of aldehydes is 2. The summed E-state index contributed by atoms with van der Waals surface area (Å²) in [5.41, 5.74) is 7.91. The second-order valence-electron chi connectivity index (χ2n) is 9.07. The maximum Gasteiger partial charge on any atom is 0.209 e. The van der Waals surface area contributed by atoms with E-state index in [4.69, 9.17) is 0 Å². The first kappa shape index (κ1) is 19.3. The van der Waals surface area contributed by atoms with Gasteiger partial charge < -0.3 is 4.90 Å². The fourth-order valence-corrected chi connectivity index (χ4v) is 4.90. The molecule has 0 bridgehead atoms. The first-order valence-corrected chi connectivity index (χ1v) is 9.89. The van der Waals surface area contributed by atoms with Crippen molar-refractivity contribution in [2.45, 2.75) is 38.5 Å². The first-order chi connectivity index (χ1) is 13.6. The van der Waals surface area contributed by atoms with E-state index in [9.17, 15) is 9.59 Å². The Kier molecular flexibility index (Phi) is 4.16. The van der Waals surface area contributed by atoms with Crippen molar-refractivity contribution in [3.8, 4) is 0 Å². The van der Waals surface area contributed by atoms with Crippen molar-refractivity contribution in [2.24, 2.45) is 0 Å². The van der Waals surface area contributed by atoms with Gasteiger partial charge in [-0.1, -0.05) is 13.8 Å². The van der Waals surface area contributed by atoms with Crippen molar-refractivity contribution in [2.75, 3.05) is 19.0 Å². The van der Waals surface area contributed by atoms with Crippen LogP contribution in [0.4, 0.5) is 11.4 Å². The molecule has 0 radical (unpaired) electrons. The van der Waals surface area contributed by atoms with E-state index < -0.39 is 0 Å². The molecule has 0 aliphatic carbocycles. The number of nitrogens with zero attached hydrogens (tertiary/aromatic N) is 2. The Hall–Kier alpha value is -3.01. The van der Waals surface area contributed by atoms with Crippen LogP contribution in [0.1, 0.15) is 59.5 Å². The molecule has 2 heterocycles. The molecule has 148 valence electrons. The highest BCUT2D eigenvalue weighted by molar-refractivity contribution is 6.04. The van der Waals surface area contributed by atoms with Gasteiger partial charge in [-0.2, -0.15) is 4.58 Å². The number of benzene rings is 2. The fraction of sp³-hybridized carbons (Fsp3) is 0.320. The smallest absolute Gasteiger partial charge is 0.209 e. The first-order valence-electron chi connectivity index (χ1n) is 9.89. The summed E-state index contributed by atoms with van der Waals surface area (Å²) in [4.78, 5) is 24.8. The van der Waals surface area contributed by atoms with E-state index in [0.29, 0.717) is 11.1 Å². The molecule has 0 aromatic heterocycles. The summed E-state index contributed by atoms with van der Waals surface area (Å²) in [6.45, 7) is 8.82. The minimum absolute atomic E-state index is 0.226. The SMILES string of the molecule is CN1C(=CC2=[N+](C)c3ccc(C=O)cc3C2(C)C)C(C)(C)c2cc(C=O)ccc21. The molecule has 0 unspecified atom stereocenters. The van der Waals surface area contributed by atoms with Crippen LogP contribution in [0.5, 0.6) is 0 Å². The van der Waals surface area contributed by atoms with Gasteiger partial charge in [-0.3, -0.25) is 9.59 Å². The molecule has 0 fully saturated rings. The summed E-state index contributed by atoms with van der Waals surface area (Å²) in [6, 6.07) is 11.8. The largest absolute Gasteiger partial charge is 0.347 e. The van der Waals surface area contributed by atoms with Gasteiger partial charge in [0.2, 0.25) is 5.69 Å². The van der Waals surface area contributed by atoms with Gasteiger partial charge in [0.1, 0.15) is 19.6 Å². The number of hydrogen-bond donors (Lipinski definition) is 0. The molecule has 0 N–H and O–H groups in total. The number of fused-ring (bicyclic) bond motifs is 2. The van der Waals surface area contributed by atoms with E-state index in [2.05, 4.69) is 57.3 Å². The van der Waals surface area contributed by atoms with Crippen molar-refractivity contribution in [1.82, 2.24) is 0 Å². The Labute approximate surface area is 172 Å². The van der Waals surface area contributed by atoms with E-state index in [1.165, 1.54) is 11.4 Å². The Bertz CT molecular complexity index is 1120. The molecule has 0 spiro atoms. The summed E-state index contributed by atoms with van der Waals surface area (Å²) in [5.74, 6) is 0. The summed E-state index contributed by atoms with van der Waals surface area (Å²) in [7, 11) is 4.17. The standard InChI is InChI=1S/C25H27N2O2/c1-24(2)18-11-16(14-28)7-9-20(18)26(5)22(24)13-23-25(3,4)19-12-17(15-29)8-10-21(19)27(23)6/h7-15H,1-6H3/q+1. The van der Waals surface area contributed by atoms with Crippen LogP contribution in [0.2, 0.25) is 0 Å². The van der Waals surface area contributed by atoms with Gasteiger partial charge in [0, 0.05) is 52.7 Å². The molecule has 0 saturated carbocycles. The van der Waals surface area contributed by atoms with Crippen molar-refractivity contribution in [3.05, 3.63) is 70.4 Å². The molecular formula is C25H27N2O2+. The summed E-state index contributed by atoms with van der Waals surface area (Å²) >= 11 is 0. The number of carbonyl (C=O) groups excluding carboxylic acids is 2. The van der Waals surface area contributed by atoms with Crippen LogP contribution in [0.25, 0.3) is 0 Å². The van der Waals surface area contributed by atoms with Crippen LogP contribution in [0.3, 0.4) is 0 Å². The van der Waals surface area contributed by atoms with E-state index in [0.717, 1.165) is 35.1 Å². The number of rotatable bonds is 3. The predicted molar refractivity (Wildman–Crippen MR) is 117 cm³/mol. The van der Waals surface area contributed by atoms with Crippen molar-refractivity contribution in [1.29, 1.82) is 0 Å². The average Bonchev–Trinajstić information content (AvgIpc) is 3.01. The number of carbonyl (C=O) groups is 2. The zero-order valence-electron chi connectivity index (χ0n) is 17.9. The molecule has 0 saturated heterocycles. The van der Waals surface area contributed by atoms with E-state index in [-0.39, 0.29) is 10.8 Å². The highest BCUT2D eigenvalue weighted by Crippen LogP contribution is 2.48. The third-order valence-electron chi connectivity index (χ3n) is 6.66. The molecule has 2 aromatic carbocycles. The lowest BCUT2D eigenvalue weighted by Crippen LogP contribution is -2.31. The molecule has 4 rings (SSSR count). The molecule has 4 nitrogen and oxygen atoms in total. The number of hydrogen-bond acceptors (Lipinski definition) is 3. The zero-order chi connectivity index (χ0) is 21.1. The summed E-state index contributed by atoms with van der Waals surface area (Å²) < 4.78 is 2.22. The average molecular weight is 388 g/mol. The van der Waals surface area contributed by atoms with Crippen molar-refractivity contribution >= 4 is 29.7 Å². The highest BCUT2D eigenvalue weighted by atomic mass is 16.1. The van der Waals surface area contributed by atoms with Gasteiger partial charge in [0.05, 0.1) is 5.41 Å². The van der Waals surface area contributed by atoms with Crippen molar-refractivity contribution in [3.63, 3.8) is 0 Å². The lowest BCUT2D eigenvalue weighted by Gasteiger charge is -2.25. The quantitative estimate of drug-likeness (QED) is 0.569. The van der Waals surface area contributed by atoms with Crippen LogP contribution in [0, 0.1) is 0 Å². The van der Waals surface area contributed by atoms with E-state index >= 15 is 0 Å². The van der Waals surface area contributed by atoms with Gasteiger partial charge in [-0.05, 0) is 49.7 Å². The third kappa shape index (κ3) is 2.62. The normalized spacial score (nSPS) is 20.1. The molecule has 2 aliphatic rings. The van der Waals surface area contributed by atoms with Crippen LogP contribution >= 0.6 is 0 Å². The van der Waals surface area contributed by atoms with E-state index in [1.807, 2.05) is 36.4 Å². The maximum atomic E-state index is 11.3. The van der Waals surface area contributed by atoms with Gasteiger partial charge >= 0.3 is 0 Å². The molecule has 29 heavy (non-hydrogen) atoms. The van der Waals surface area contributed by atoms with Crippen LogP contribution in [-0.2, 0) is 10.8 Å². The Morgan fingerprint density at radius 2 is 1.45 bits per heavy atom. The Morgan fingerprint density at radius 3 is 2.07 bits per heavy atom. The van der Waals surface area contributed by atoms with Gasteiger partial charge in [0.15, 0.2) is 5.71 Å². The van der Waals surface area contributed by atoms with E-state index in [1.54, 1.807) is 0 Å². The fourth-order valence-electron chi connectivity index (χ4n) is 4.90. The molecule has 0 amide bonds. The van der Waals surface area contributed by atoms with Gasteiger partial charge in [-0.25, -0.2) is 0 Å². The number of allylic oxidation sites excluding steroid dienone is 2. The molecule has 2 aromatic rings. The van der Waals surface area contributed by atoms with Crippen LogP contribution in [-0.4, -0.2) is 37.0 Å². The minimum Gasteiger partial charge on any atom is -0.347 e. The second kappa shape index (κ2) is 6.24. The molecule has 4 heteroatoms. The number of likely N-dealkylation sites (N-methyl/N-ethyl adjacent to an activating group) is 1. The van der Waals surface area contributed by atoms with Gasteiger partial charge in [-0.15, -0.1) is 0 Å². The molecule has 0 atom stereocenters. The lowest BCUT2D eigenvalue weighted by atomic mass is 9.78. The zero-order valence-corrected chi connectivity index (χ0v) is 17.9. The second-order valence-corrected chi connectivity index (χ2v) is 9.07. The number of anilines is 1. The van der Waals surface area contributed by atoms with Crippen molar-refractivity contribution < 1.29 is 14.2 Å². The summed E-state index contributed by atoms with van der Waals surface area (Å²) in [5, 5.41) is 0. The molecular weight excluding hydrogens is 360 g/mol. The Balaban J connectivity index is 1.87. The highest BCUT2D eigenvalue weighted by Gasteiger charge is 2.46. The minimum atomic E-state index is -0.226. The maximum absolute atomic E-state index is 11.3. The Morgan fingerprint density at radius 1 is 0.862 bits per heavy atom. The lowest BCUT2D eigenvalue weighted by molar-refractivity contribution is -0.401. The summed E-state index contributed by atoms with van der Waals surface area (Å²) in [6.07, 6.45) is 4.09. The predicted octanol–water partition coefficient (Wildman–Crippen LogP) is 4.63. The molecule has 2 aliphatic heterocycles. The monoisotopic (exact) mass is 387 g/mol. The van der Waals surface area contributed by atoms with Crippen LogP contribution in [0.15, 0.2) is 48.2 Å². The van der Waals surface area contributed by atoms with Gasteiger partial charge in [0.25, 0.3) is 0 Å². The topological polar surface area (TPSA) is 40.4 Å². The third-order valence-corrected chi connectivity index (χ3v) is 6.66. The van der Waals surface area contributed by atoms with Crippen LogP contribution < -0.4 is 4.90 Å².